The van der Waals surface area contributed by atoms with Crippen LogP contribution < -0.4 is 10.6 Å². The molecule has 0 radical (unpaired) electrons. The Kier molecular flexibility index (Phi) is 9.06. The molecule has 3 rings (SSSR count). The van der Waals surface area contributed by atoms with E-state index in [1.54, 1.807) is 13.3 Å². The standard InChI is InChI=1S/C20H29N5O.HI/c1-16-6-8-17(9-7-16)19-24-18(15-26-19)14-23-20(21-2)22-10-13-25-11-4-3-5-12-25;/h6-9,15H,3-5,10-14H2,1-2H3,(H2,21,22,23);1H. The van der Waals surface area contributed by atoms with Gasteiger partial charge in [-0.15, -0.1) is 24.0 Å². The third-order valence-corrected chi connectivity index (χ3v) is 4.68. The number of piperidine rings is 1. The third-order valence-electron chi connectivity index (χ3n) is 4.68. The fourth-order valence-electron chi connectivity index (χ4n) is 3.13. The summed E-state index contributed by atoms with van der Waals surface area (Å²) in [6, 6.07) is 8.18. The number of benzene rings is 1. The highest BCUT2D eigenvalue weighted by atomic mass is 127. The summed E-state index contributed by atoms with van der Waals surface area (Å²) in [5, 5.41) is 6.67. The van der Waals surface area contributed by atoms with Gasteiger partial charge in [0.15, 0.2) is 5.96 Å². The average molecular weight is 483 g/mol. The quantitative estimate of drug-likeness (QED) is 0.375. The summed E-state index contributed by atoms with van der Waals surface area (Å²) in [5.41, 5.74) is 3.08. The molecule has 0 atom stereocenters. The second kappa shape index (κ2) is 11.3. The van der Waals surface area contributed by atoms with Gasteiger partial charge in [0.05, 0.1) is 12.2 Å². The number of nitrogens with zero attached hydrogens (tertiary/aromatic N) is 3. The highest BCUT2D eigenvalue weighted by molar-refractivity contribution is 14.0. The van der Waals surface area contributed by atoms with Crippen molar-refractivity contribution in [3.05, 3.63) is 41.8 Å². The summed E-state index contributed by atoms with van der Waals surface area (Å²) in [5.74, 6) is 1.44. The first-order chi connectivity index (χ1) is 12.7. The number of oxazole rings is 1. The zero-order valence-electron chi connectivity index (χ0n) is 16.2. The Balaban J connectivity index is 0.00000261. The minimum atomic E-state index is 0. The van der Waals surface area contributed by atoms with Crippen LogP contribution >= 0.6 is 24.0 Å². The third kappa shape index (κ3) is 6.80. The molecule has 1 saturated heterocycles. The molecule has 2 aromatic rings. The predicted molar refractivity (Wildman–Crippen MR) is 121 cm³/mol. The zero-order valence-corrected chi connectivity index (χ0v) is 18.5. The topological polar surface area (TPSA) is 65.7 Å². The molecule has 1 aliphatic heterocycles. The van der Waals surface area contributed by atoms with Crippen LogP contribution in [0.3, 0.4) is 0 Å². The summed E-state index contributed by atoms with van der Waals surface area (Å²) >= 11 is 0. The van der Waals surface area contributed by atoms with Crippen molar-refractivity contribution in [2.75, 3.05) is 33.2 Å². The molecule has 2 N–H and O–H groups in total. The van der Waals surface area contributed by atoms with Gasteiger partial charge < -0.3 is 20.0 Å². The smallest absolute Gasteiger partial charge is 0.226 e. The maximum atomic E-state index is 5.60. The fraction of sp³-hybridized carbons (Fsp3) is 0.500. The van der Waals surface area contributed by atoms with E-state index in [2.05, 4.69) is 44.6 Å². The van der Waals surface area contributed by atoms with E-state index >= 15 is 0 Å². The lowest BCUT2D eigenvalue weighted by Gasteiger charge is -2.26. The minimum absolute atomic E-state index is 0. The van der Waals surface area contributed by atoms with Crippen LogP contribution in [0.15, 0.2) is 39.9 Å². The van der Waals surface area contributed by atoms with Gasteiger partial charge in [-0.2, -0.15) is 0 Å². The van der Waals surface area contributed by atoms with Gasteiger partial charge in [-0.05, 0) is 45.0 Å². The fourth-order valence-corrected chi connectivity index (χ4v) is 3.13. The molecular weight excluding hydrogens is 453 g/mol. The van der Waals surface area contributed by atoms with Gasteiger partial charge >= 0.3 is 0 Å². The van der Waals surface area contributed by atoms with Crippen LogP contribution in [0.4, 0.5) is 0 Å². The first-order valence-corrected chi connectivity index (χ1v) is 9.43. The van der Waals surface area contributed by atoms with E-state index in [0.29, 0.717) is 12.4 Å². The molecule has 1 fully saturated rings. The minimum Gasteiger partial charge on any atom is -0.444 e. The monoisotopic (exact) mass is 483 g/mol. The average Bonchev–Trinajstić information content (AvgIpc) is 3.15. The number of rotatable bonds is 6. The summed E-state index contributed by atoms with van der Waals surface area (Å²) < 4.78 is 5.60. The van der Waals surface area contributed by atoms with Crippen LogP contribution in [0.2, 0.25) is 0 Å². The number of nitrogens with one attached hydrogen (secondary N) is 2. The summed E-state index contributed by atoms with van der Waals surface area (Å²) in [7, 11) is 1.79. The van der Waals surface area contributed by atoms with Crippen molar-refractivity contribution >= 4 is 29.9 Å². The van der Waals surface area contributed by atoms with Crippen LogP contribution in [0.5, 0.6) is 0 Å². The van der Waals surface area contributed by atoms with E-state index in [0.717, 1.165) is 30.3 Å². The van der Waals surface area contributed by atoms with Gasteiger partial charge in [-0.1, -0.05) is 24.1 Å². The molecule has 7 heteroatoms. The molecule has 0 saturated carbocycles. The van der Waals surface area contributed by atoms with E-state index < -0.39 is 0 Å². The molecule has 0 amide bonds. The van der Waals surface area contributed by atoms with E-state index in [-0.39, 0.29) is 24.0 Å². The molecule has 0 spiro atoms. The Hall–Kier alpha value is -1.61. The molecule has 1 aliphatic rings. The van der Waals surface area contributed by atoms with Crippen molar-refractivity contribution in [1.29, 1.82) is 0 Å². The van der Waals surface area contributed by atoms with Gasteiger partial charge in [-0.25, -0.2) is 4.98 Å². The number of halogens is 1. The second-order valence-corrected chi connectivity index (χ2v) is 6.76. The Labute approximate surface area is 178 Å². The molecule has 6 nitrogen and oxygen atoms in total. The molecule has 2 heterocycles. The molecule has 0 unspecified atom stereocenters. The van der Waals surface area contributed by atoms with Crippen molar-refractivity contribution in [3.8, 4) is 11.5 Å². The first-order valence-electron chi connectivity index (χ1n) is 9.43. The van der Waals surface area contributed by atoms with Crippen LogP contribution in [0.25, 0.3) is 11.5 Å². The second-order valence-electron chi connectivity index (χ2n) is 6.76. The van der Waals surface area contributed by atoms with Crippen LogP contribution in [0.1, 0.15) is 30.5 Å². The van der Waals surface area contributed by atoms with Crippen molar-refractivity contribution in [1.82, 2.24) is 20.5 Å². The van der Waals surface area contributed by atoms with Crippen molar-refractivity contribution in [3.63, 3.8) is 0 Å². The molecule has 0 bridgehead atoms. The SMILES string of the molecule is CN=C(NCCN1CCCCC1)NCc1coc(-c2ccc(C)cc2)n1.I. The van der Waals surface area contributed by atoms with E-state index in [4.69, 9.17) is 4.42 Å². The number of likely N-dealkylation sites (tertiary alicyclic amines) is 1. The maximum Gasteiger partial charge on any atom is 0.226 e. The number of guanidine groups is 1. The number of aromatic nitrogens is 1. The molecule has 27 heavy (non-hydrogen) atoms. The lowest BCUT2D eigenvalue weighted by Crippen LogP contribution is -2.42. The van der Waals surface area contributed by atoms with Gasteiger partial charge in [0, 0.05) is 25.7 Å². The lowest BCUT2D eigenvalue weighted by atomic mass is 10.1. The largest absolute Gasteiger partial charge is 0.444 e. The van der Waals surface area contributed by atoms with Crippen LogP contribution in [-0.4, -0.2) is 49.1 Å². The van der Waals surface area contributed by atoms with Crippen molar-refractivity contribution in [2.45, 2.75) is 32.7 Å². The Bertz CT molecular complexity index is 707. The highest BCUT2D eigenvalue weighted by Gasteiger charge is 2.10. The summed E-state index contributed by atoms with van der Waals surface area (Å²) in [6.45, 7) is 7.04. The molecule has 1 aromatic carbocycles. The van der Waals surface area contributed by atoms with Crippen molar-refractivity contribution in [2.24, 2.45) is 4.99 Å². The first kappa shape index (κ1) is 21.7. The zero-order chi connectivity index (χ0) is 18.2. The van der Waals surface area contributed by atoms with Gasteiger partial charge in [0.1, 0.15) is 6.26 Å². The van der Waals surface area contributed by atoms with Crippen molar-refractivity contribution < 1.29 is 4.42 Å². The van der Waals surface area contributed by atoms with E-state index in [1.807, 2.05) is 12.1 Å². The molecule has 1 aromatic heterocycles. The molecule has 148 valence electrons. The molecule has 0 aliphatic carbocycles. The highest BCUT2D eigenvalue weighted by Crippen LogP contribution is 2.18. The van der Waals surface area contributed by atoms with Crippen LogP contribution in [0, 0.1) is 6.92 Å². The summed E-state index contributed by atoms with van der Waals surface area (Å²) in [4.78, 5) is 11.3. The number of hydrogen-bond acceptors (Lipinski definition) is 4. The Morgan fingerprint density at radius 1 is 1.15 bits per heavy atom. The number of hydrogen-bond donors (Lipinski definition) is 2. The van der Waals surface area contributed by atoms with Gasteiger partial charge in [0.25, 0.3) is 0 Å². The van der Waals surface area contributed by atoms with Gasteiger partial charge in [-0.3, -0.25) is 4.99 Å². The Morgan fingerprint density at radius 3 is 2.59 bits per heavy atom. The lowest BCUT2D eigenvalue weighted by molar-refractivity contribution is 0.232. The maximum absolute atomic E-state index is 5.60. The number of aryl methyl sites for hydroxylation is 1. The van der Waals surface area contributed by atoms with E-state index in [9.17, 15) is 0 Å². The van der Waals surface area contributed by atoms with E-state index in [1.165, 1.54) is 37.9 Å². The number of aliphatic imine (C=N–C) groups is 1. The normalized spacial score (nSPS) is 15.3. The Morgan fingerprint density at radius 2 is 1.89 bits per heavy atom. The van der Waals surface area contributed by atoms with Gasteiger partial charge in [0.2, 0.25) is 5.89 Å². The molecular formula is C20H30IN5O. The summed E-state index contributed by atoms with van der Waals surface area (Å²) in [6.07, 6.45) is 5.71. The van der Waals surface area contributed by atoms with Crippen LogP contribution in [-0.2, 0) is 6.54 Å². The predicted octanol–water partition coefficient (Wildman–Crippen LogP) is 3.42.